The number of fused-ring (bicyclic) bond motifs is 1. The SMILES string of the molecule is CCCC(N)C(=O)Nc1ccccc1C(=O)NCc1ccc2c(c1)OCO2. The molecule has 0 saturated carbocycles. The lowest BCUT2D eigenvalue weighted by Crippen LogP contribution is -2.36. The predicted octanol–water partition coefficient (Wildman–Crippen LogP) is 2.41. The number of hydrogen-bond donors (Lipinski definition) is 3. The maximum atomic E-state index is 12.6. The molecule has 0 spiro atoms. The van der Waals surface area contributed by atoms with Crippen molar-refractivity contribution in [1.82, 2.24) is 5.32 Å². The Hall–Kier alpha value is -3.06. The Morgan fingerprint density at radius 2 is 1.93 bits per heavy atom. The number of nitrogens with two attached hydrogens (primary N) is 1. The molecule has 4 N–H and O–H groups in total. The number of para-hydroxylation sites is 1. The number of benzene rings is 2. The van der Waals surface area contributed by atoms with Crippen LogP contribution in [0.3, 0.4) is 0 Å². The summed E-state index contributed by atoms with van der Waals surface area (Å²) in [7, 11) is 0. The quantitative estimate of drug-likeness (QED) is 0.695. The largest absolute Gasteiger partial charge is 0.454 e. The molecule has 0 saturated heterocycles. The normalized spacial score (nSPS) is 13.1. The first-order valence-corrected chi connectivity index (χ1v) is 8.90. The molecule has 1 aliphatic rings. The number of rotatable bonds is 7. The van der Waals surface area contributed by atoms with Crippen molar-refractivity contribution in [3.8, 4) is 11.5 Å². The molecule has 142 valence electrons. The molecule has 0 radical (unpaired) electrons. The van der Waals surface area contributed by atoms with Crippen molar-refractivity contribution in [2.45, 2.75) is 32.4 Å². The highest BCUT2D eigenvalue weighted by molar-refractivity contribution is 6.04. The van der Waals surface area contributed by atoms with Crippen molar-refractivity contribution in [2.75, 3.05) is 12.1 Å². The van der Waals surface area contributed by atoms with Crippen LogP contribution in [0.25, 0.3) is 0 Å². The minimum Gasteiger partial charge on any atom is -0.454 e. The second-order valence-electron chi connectivity index (χ2n) is 6.30. The number of hydrogen-bond acceptors (Lipinski definition) is 5. The van der Waals surface area contributed by atoms with Gasteiger partial charge in [0.15, 0.2) is 11.5 Å². The lowest BCUT2D eigenvalue weighted by atomic mass is 10.1. The van der Waals surface area contributed by atoms with Crippen LogP contribution in [0.5, 0.6) is 11.5 Å². The van der Waals surface area contributed by atoms with Gasteiger partial charge < -0.3 is 25.8 Å². The highest BCUT2D eigenvalue weighted by Gasteiger charge is 2.17. The fourth-order valence-corrected chi connectivity index (χ4v) is 2.79. The minimum absolute atomic E-state index is 0.207. The molecule has 1 heterocycles. The van der Waals surface area contributed by atoms with E-state index in [4.69, 9.17) is 15.2 Å². The van der Waals surface area contributed by atoms with Crippen molar-refractivity contribution in [1.29, 1.82) is 0 Å². The summed E-state index contributed by atoms with van der Waals surface area (Å²) >= 11 is 0. The van der Waals surface area contributed by atoms with Crippen LogP contribution in [0.4, 0.5) is 5.69 Å². The van der Waals surface area contributed by atoms with Gasteiger partial charge in [-0.15, -0.1) is 0 Å². The smallest absolute Gasteiger partial charge is 0.253 e. The van der Waals surface area contributed by atoms with Crippen molar-refractivity contribution in [3.05, 3.63) is 53.6 Å². The fraction of sp³-hybridized carbons (Fsp3) is 0.300. The van der Waals surface area contributed by atoms with E-state index >= 15 is 0 Å². The number of carbonyl (C=O) groups excluding carboxylic acids is 2. The van der Waals surface area contributed by atoms with Gasteiger partial charge in [-0.25, -0.2) is 0 Å². The summed E-state index contributed by atoms with van der Waals surface area (Å²) in [6.07, 6.45) is 1.40. The van der Waals surface area contributed by atoms with Crippen LogP contribution >= 0.6 is 0 Å². The molecule has 3 rings (SSSR count). The van der Waals surface area contributed by atoms with E-state index in [2.05, 4.69) is 10.6 Å². The number of ether oxygens (including phenoxy) is 2. The average Bonchev–Trinajstić information content (AvgIpc) is 3.14. The molecule has 1 aliphatic heterocycles. The van der Waals surface area contributed by atoms with Crippen LogP contribution in [-0.2, 0) is 11.3 Å². The number of carbonyl (C=O) groups is 2. The van der Waals surface area contributed by atoms with E-state index in [0.717, 1.165) is 12.0 Å². The van der Waals surface area contributed by atoms with E-state index in [1.165, 1.54) is 0 Å². The van der Waals surface area contributed by atoms with Gasteiger partial charge >= 0.3 is 0 Å². The second kappa shape index (κ2) is 8.55. The van der Waals surface area contributed by atoms with E-state index in [1.54, 1.807) is 24.3 Å². The van der Waals surface area contributed by atoms with Gasteiger partial charge in [0, 0.05) is 6.54 Å². The summed E-state index contributed by atoms with van der Waals surface area (Å²) in [4.78, 5) is 24.8. The molecule has 27 heavy (non-hydrogen) atoms. The average molecular weight is 369 g/mol. The van der Waals surface area contributed by atoms with Crippen molar-refractivity contribution >= 4 is 17.5 Å². The molecule has 1 atom stereocenters. The molecule has 7 heteroatoms. The van der Waals surface area contributed by atoms with E-state index in [1.807, 2.05) is 25.1 Å². The second-order valence-corrected chi connectivity index (χ2v) is 6.30. The summed E-state index contributed by atoms with van der Waals surface area (Å²) in [5.74, 6) is 0.779. The minimum atomic E-state index is -0.597. The third-order valence-corrected chi connectivity index (χ3v) is 4.26. The molecule has 2 amide bonds. The Morgan fingerprint density at radius 1 is 1.15 bits per heavy atom. The van der Waals surface area contributed by atoms with E-state index in [9.17, 15) is 9.59 Å². The molecular formula is C20H23N3O4. The number of nitrogens with one attached hydrogen (secondary N) is 2. The van der Waals surface area contributed by atoms with Crippen LogP contribution in [0.1, 0.15) is 35.7 Å². The van der Waals surface area contributed by atoms with Crippen LogP contribution in [-0.4, -0.2) is 24.6 Å². The number of anilines is 1. The Kier molecular flexibility index (Phi) is 5.93. The Balaban J connectivity index is 1.65. The van der Waals surface area contributed by atoms with Crippen molar-refractivity contribution in [2.24, 2.45) is 5.73 Å². The lowest BCUT2D eigenvalue weighted by Gasteiger charge is -2.14. The molecule has 1 unspecified atom stereocenters. The van der Waals surface area contributed by atoms with Crippen LogP contribution in [0, 0.1) is 0 Å². The summed E-state index contributed by atoms with van der Waals surface area (Å²) in [5, 5.41) is 5.60. The van der Waals surface area contributed by atoms with Crippen molar-refractivity contribution in [3.63, 3.8) is 0 Å². The van der Waals surface area contributed by atoms with Gasteiger partial charge in [-0.1, -0.05) is 31.5 Å². The number of amides is 2. The van der Waals surface area contributed by atoms with Gasteiger partial charge in [0.1, 0.15) is 0 Å². The third-order valence-electron chi connectivity index (χ3n) is 4.26. The summed E-state index contributed by atoms with van der Waals surface area (Å²) in [5.41, 5.74) is 7.56. The first kappa shape index (κ1) is 18.7. The third kappa shape index (κ3) is 4.57. The fourth-order valence-electron chi connectivity index (χ4n) is 2.79. The molecule has 2 aromatic rings. The first-order valence-electron chi connectivity index (χ1n) is 8.90. The van der Waals surface area contributed by atoms with Crippen LogP contribution in [0.15, 0.2) is 42.5 Å². The topological polar surface area (TPSA) is 103 Å². The molecular weight excluding hydrogens is 346 g/mol. The highest BCUT2D eigenvalue weighted by atomic mass is 16.7. The van der Waals surface area contributed by atoms with Crippen molar-refractivity contribution < 1.29 is 19.1 Å². The summed E-state index contributed by atoms with van der Waals surface area (Å²) in [6, 6.07) is 11.8. The van der Waals surface area contributed by atoms with Gasteiger partial charge in [0.2, 0.25) is 12.7 Å². The Bertz CT molecular complexity index is 838. The van der Waals surface area contributed by atoms with Crippen LogP contribution < -0.4 is 25.8 Å². The molecule has 2 aromatic carbocycles. The van der Waals surface area contributed by atoms with Gasteiger partial charge in [-0.2, -0.15) is 0 Å². The monoisotopic (exact) mass is 369 g/mol. The molecule has 0 aliphatic carbocycles. The highest BCUT2D eigenvalue weighted by Crippen LogP contribution is 2.32. The van der Waals surface area contributed by atoms with Gasteiger partial charge in [0.25, 0.3) is 5.91 Å². The summed E-state index contributed by atoms with van der Waals surface area (Å²) in [6.45, 7) is 2.50. The van der Waals surface area contributed by atoms with E-state index < -0.39 is 6.04 Å². The standard InChI is InChI=1S/C20H23N3O4/c1-2-5-15(21)20(25)23-16-7-4-3-6-14(16)19(24)22-11-13-8-9-17-18(10-13)27-12-26-17/h3-4,6-10,15H,2,5,11-12,21H2,1H3,(H,22,24)(H,23,25). The van der Waals surface area contributed by atoms with Gasteiger partial charge in [-0.05, 0) is 36.2 Å². The van der Waals surface area contributed by atoms with Gasteiger partial charge in [-0.3, -0.25) is 9.59 Å². The van der Waals surface area contributed by atoms with Gasteiger partial charge in [0.05, 0.1) is 17.3 Å². The Morgan fingerprint density at radius 3 is 2.74 bits per heavy atom. The summed E-state index contributed by atoms with van der Waals surface area (Å²) < 4.78 is 10.6. The lowest BCUT2D eigenvalue weighted by molar-refractivity contribution is -0.117. The van der Waals surface area contributed by atoms with E-state index in [-0.39, 0.29) is 18.6 Å². The first-order chi connectivity index (χ1) is 13.1. The zero-order chi connectivity index (χ0) is 19.2. The maximum Gasteiger partial charge on any atom is 0.253 e. The maximum absolute atomic E-state index is 12.6. The molecule has 0 bridgehead atoms. The zero-order valence-electron chi connectivity index (χ0n) is 15.2. The molecule has 0 aromatic heterocycles. The van der Waals surface area contributed by atoms with Crippen LogP contribution in [0.2, 0.25) is 0 Å². The predicted molar refractivity (Wildman–Crippen MR) is 102 cm³/mol. The Labute approximate surface area is 157 Å². The molecule has 7 nitrogen and oxygen atoms in total. The van der Waals surface area contributed by atoms with E-state index in [0.29, 0.717) is 35.7 Å². The zero-order valence-corrected chi connectivity index (χ0v) is 15.2. The molecule has 0 fully saturated rings.